The minimum Gasteiger partial charge on any atom is -0.478 e. The van der Waals surface area contributed by atoms with Gasteiger partial charge in [0.25, 0.3) is 0 Å². The van der Waals surface area contributed by atoms with Crippen molar-refractivity contribution in [1.82, 2.24) is 15.1 Å². The SMILES string of the molecule is Cn1cc(NC(=O)NCc2ccc(C(=O)O)cc2)c(C2CC2)n1. The fraction of sp³-hybridized carbons (Fsp3) is 0.312. The van der Waals surface area contributed by atoms with E-state index in [9.17, 15) is 9.59 Å². The molecule has 1 heterocycles. The predicted molar refractivity (Wildman–Crippen MR) is 84.4 cm³/mol. The third-order valence-electron chi connectivity index (χ3n) is 3.72. The highest BCUT2D eigenvalue weighted by Crippen LogP contribution is 2.42. The van der Waals surface area contributed by atoms with Gasteiger partial charge >= 0.3 is 12.0 Å². The Balaban J connectivity index is 1.56. The summed E-state index contributed by atoms with van der Waals surface area (Å²) in [6, 6.07) is 6.10. The van der Waals surface area contributed by atoms with Crippen molar-refractivity contribution in [3.05, 3.63) is 47.3 Å². The van der Waals surface area contributed by atoms with E-state index in [-0.39, 0.29) is 11.6 Å². The van der Waals surface area contributed by atoms with Crippen LogP contribution in [0.4, 0.5) is 10.5 Å². The molecule has 0 radical (unpaired) electrons. The summed E-state index contributed by atoms with van der Waals surface area (Å²) in [5, 5.41) is 18.8. The molecule has 3 rings (SSSR count). The molecule has 7 heteroatoms. The lowest BCUT2D eigenvalue weighted by Crippen LogP contribution is -2.28. The molecule has 1 saturated carbocycles. The monoisotopic (exact) mass is 314 g/mol. The van der Waals surface area contributed by atoms with Crippen molar-refractivity contribution < 1.29 is 14.7 Å². The molecule has 7 nitrogen and oxygen atoms in total. The maximum absolute atomic E-state index is 12.0. The average molecular weight is 314 g/mol. The Kier molecular flexibility index (Phi) is 4.01. The number of hydrogen-bond donors (Lipinski definition) is 3. The van der Waals surface area contributed by atoms with Gasteiger partial charge in [0.15, 0.2) is 0 Å². The summed E-state index contributed by atoms with van der Waals surface area (Å²) in [4.78, 5) is 22.8. The second-order valence-corrected chi connectivity index (χ2v) is 5.69. The van der Waals surface area contributed by atoms with E-state index in [1.54, 1.807) is 23.0 Å². The van der Waals surface area contributed by atoms with Gasteiger partial charge in [0.1, 0.15) is 0 Å². The summed E-state index contributed by atoms with van der Waals surface area (Å²) in [6.45, 7) is 0.324. The summed E-state index contributed by atoms with van der Waals surface area (Å²) in [5.74, 6) is -0.513. The minimum atomic E-state index is -0.966. The normalized spacial score (nSPS) is 13.6. The molecule has 0 spiro atoms. The second kappa shape index (κ2) is 6.12. The first-order valence-electron chi connectivity index (χ1n) is 7.43. The Hall–Kier alpha value is -2.83. The topological polar surface area (TPSA) is 96.2 Å². The van der Waals surface area contributed by atoms with Gasteiger partial charge in [-0.15, -0.1) is 0 Å². The molecule has 23 heavy (non-hydrogen) atoms. The van der Waals surface area contributed by atoms with E-state index in [1.165, 1.54) is 12.1 Å². The molecule has 1 aliphatic rings. The van der Waals surface area contributed by atoms with E-state index >= 15 is 0 Å². The fourth-order valence-electron chi connectivity index (χ4n) is 2.37. The molecule has 1 aromatic heterocycles. The van der Waals surface area contributed by atoms with Crippen LogP contribution in [-0.4, -0.2) is 26.9 Å². The van der Waals surface area contributed by atoms with Gasteiger partial charge in [0.2, 0.25) is 0 Å². The predicted octanol–water partition coefficient (Wildman–Crippen LogP) is 2.32. The number of nitrogens with one attached hydrogen (secondary N) is 2. The zero-order valence-corrected chi connectivity index (χ0v) is 12.7. The molecule has 1 aromatic carbocycles. The Morgan fingerprint density at radius 3 is 2.61 bits per heavy atom. The number of urea groups is 1. The highest BCUT2D eigenvalue weighted by Gasteiger charge is 2.29. The van der Waals surface area contributed by atoms with Crippen molar-refractivity contribution in [1.29, 1.82) is 0 Å². The molecule has 0 atom stereocenters. The number of carboxylic acids is 1. The summed E-state index contributed by atoms with van der Waals surface area (Å²) in [6.07, 6.45) is 4.03. The number of hydrogen-bond acceptors (Lipinski definition) is 3. The third kappa shape index (κ3) is 3.68. The molecule has 0 aliphatic heterocycles. The molecule has 0 saturated heterocycles. The van der Waals surface area contributed by atoms with Gasteiger partial charge in [-0.25, -0.2) is 9.59 Å². The van der Waals surface area contributed by atoms with Crippen molar-refractivity contribution in [2.24, 2.45) is 7.05 Å². The molecular weight excluding hydrogens is 296 g/mol. The molecule has 2 amide bonds. The Bertz CT molecular complexity index is 732. The highest BCUT2D eigenvalue weighted by molar-refractivity contribution is 5.90. The summed E-state index contributed by atoms with van der Waals surface area (Å²) < 4.78 is 1.70. The Morgan fingerprint density at radius 1 is 1.30 bits per heavy atom. The van der Waals surface area contributed by atoms with E-state index in [0.29, 0.717) is 12.5 Å². The molecule has 2 aromatic rings. The lowest BCUT2D eigenvalue weighted by molar-refractivity contribution is 0.0697. The first-order valence-corrected chi connectivity index (χ1v) is 7.43. The van der Waals surface area contributed by atoms with Gasteiger partial charge in [-0.2, -0.15) is 5.10 Å². The number of rotatable bonds is 5. The number of aromatic carboxylic acids is 1. The smallest absolute Gasteiger partial charge is 0.335 e. The lowest BCUT2D eigenvalue weighted by Gasteiger charge is -2.07. The number of aryl methyl sites for hydroxylation is 1. The Morgan fingerprint density at radius 2 is 2.00 bits per heavy atom. The quantitative estimate of drug-likeness (QED) is 0.789. The van der Waals surface area contributed by atoms with Gasteiger partial charge in [0.05, 0.1) is 16.9 Å². The number of benzene rings is 1. The van der Waals surface area contributed by atoms with Crippen LogP contribution in [-0.2, 0) is 13.6 Å². The van der Waals surface area contributed by atoms with Crippen molar-refractivity contribution in [2.45, 2.75) is 25.3 Å². The number of carboxylic acid groups (broad SMARTS) is 1. The number of carbonyl (C=O) groups excluding carboxylic acids is 1. The van der Waals surface area contributed by atoms with Crippen LogP contribution in [0.2, 0.25) is 0 Å². The van der Waals surface area contributed by atoms with E-state index in [2.05, 4.69) is 15.7 Å². The maximum atomic E-state index is 12.0. The molecule has 1 aliphatic carbocycles. The lowest BCUT2D eigenvalue weighted by atomic mass is 10.1. The van der Waals surface area contributed by atoms with Crippen LogP contribution in [0.15, 0.2) is 30.5 Å². The molecule has 3 N–H and O–H groups in total. The molecule has 0 unspecified atom stereocenters. The van der Waals surface area contributed by atoms with E-state index in [4.69, 9.17) is 5.11 Å². The minimum absolute atomic E-state index is 0.225. The van der Waals surface area contributed by atoms with Gasteiger partial charge in [0, 0.05) is 25.7 Å². The van der Waals surface area contributed by atoms with Crippen LogP contribution in [0.25, 0.3) is 0 Å². The van der Waals surface area contributed by atoms with Crippen LogP contribution in [0, 0.1) is 0 Å². The van der Waals surface area contributed by atoms with Gasteiger partial charge in [-0.05, 0) is 30.5 Å². The van der Waals surface area contributed by atoms with Crippen LogP contribution >= 0.6 is 0 Å². The number of amides is 2. The molecule has 120 valence electrons. The van der Waals surface area contributed by atoms with Gasteiger partial charge in [-0.3, -0.25) is 4.68 Å². The molecule has 0 bridgehead atoms. The van der Waals surface area contributed by atoms with Crippen molar-refractivity contribution in [2.75, 3.05) is 5.32 Å². The Labute approximate surface area is 133 Å². The van der Waals surface area contributed by atoms with E-state index < -0.39 is 5.97 Å². The van der Waals surface area contributed by atoms with Crippen molar-refractivity contribution >= 4 is 17.7 Å². The van der Waals surface area contributed by atoms with Gasteiger partial charge < -0.3 is 15.7 Å². The molecule has 1 fully saturated rings. The van der Waals surface area contributed by atoms with Gasteiger partial charge in [-0.1, -0.05) is 12.1 Å². The summed E-state index contributed by atoms with van der Waals surface area (Å²) in [7, 11) is 1.83. The fourth-order valence-corrected chi connectivity index (χ4v) is 2.37. The van der Waals surface area contributed by atoms with Crippen LogP contribution < -0.4 is 10.6 Å². The largest absolute Gasteiger partial charge is 0.478 e. The number of carbonyl (C=O) groups is 2. The van der Waals surface area contributed by atoms with Crippen molar-refractivity contribution in [3.63, 3.8) is 0 Å². The molecular formula is C16H18N4O3. The number of aromatic nitrogens is 2. The van der Waals surface area contributed by atoms with E-state index in [0.717, 1.165) is 29.8 Å². The summed E-state index contributed by atoms with van der Waals surface area (Å²) >= 11 is 0. The highest BCUT2D eigenvalue weighted by atomic mass is 16.4. The summed E-state index contributed by atoms with van der Waals surface area (Å²) in [5.41, 5.74) is 2.74. The van der Waals surface area contributed by atoms with Crippen LogP contribution in [0.5, 0.6) is 0 Å². The standard InChI is InChI=1S/C16H18N4O3/c1-20-9-13(14(19-20)11-6-7-11)18-16(23)17-8-10-2-4-12(5-3-10)15(21)22/h2-5,9,11H,6-8H2,1H3,(H,21,22)(H2,17,18,23). The average Bonchev–Trinajstić information content (AvgIpc) is 3.30. The first-order chi connectivity index (χ1) is 11.0. The maximum Gasteiger partial charge on any atom is 0.335 e. The third-order valence-corrected chi connectivity index (χ3v) is 3.72. The van der Waals surface area contributed by atoms with Crippen molar-refractivity contribution in [3.8, 4) is 0 Å². The van der Waals surface area contributed by atoms with Crippen LogP contribution in [0.1, 0.15) is 40.4 Å². The first kappa shape index (κ1) is 15.1. The second-order valence-electron chi connectivity index (χ2n) is 5.69. The zero-order valence-electron chi connectivity index (χ0n) is 12.7. The van der Waals surface area contributed by atoms with E-state index in [1.807, 2.05) is 7.05 Å². The number of nitrogens with zero attached hydrogens (tertiary/aromatic N) is 2. The number of anilines is 1. The zero-order chi connectivity index (χ0) is 16.4. The van der Waals surface area contributed by atoms with Crippen LogP contribution in [0.3, 0.4) is 0 Å².